The molecule has 0 aromatic heterocycles. The monoisotopic (exact) mass is 486 g/mol. The lowest BCUT2D eigenvalue weighted by atomic mass is 10.0. The summed E-state index contributed by atoms with van der Waals surface area (Å²) in [5, 5.41) is 13.7. The smallest absolute Gasteiger partial charge is 0.262 e. The van der Waals surface area contributed by atoms with Crippen molar-refractivity contribution in [2.45, 2.75) is 0 Å². The number of nitrogens with one attached hydrogen (secondary N) is 1. The van der Waals surface area contributed by atoms with E-state index in [-0.39, 0.29) is 12.5 Å². The zero-order valence-corrected chi connectivity index (χ0v) is 19.1. The molecule has 5 nitrogen and oxygen atoms in total. The van der Waals surface area contributed by atoms with Crippen LogP contribution in [-0.4, -0.2) is 19.6 Å². The standard InChI is InChI=1S/C24H17Cl3N2O3/c1-31-23-11-15(10-16(13-28)20-8-5-18(26)12-21(20)27)2-9-22(23)32-14-24(30)29-19-6-3-17(25)4-7-19/h2-12H,14H2,1H3,(H,29,30)/b16-10+. The Kier molecular flexibility index (Phi) is 8.02. The van der Waals surface area contributed by atoms with Crippen molar-refractivity contribution in [1.29, 1.82) is 5.26 Å². The number of carbonyl (C=O) groups excluding carboxylic acids is 1. The molecule has 3 rings (SSSR count). The maximum atomic E-state index is 12.2. The lowest BCUT2D eigenvalue weighted by Gasteiger charge is -2.12. The Balaban J connectivity index is 1.73. The number of amides is 1. The number of methoxy groups -OCH3 is 1. The Hall–Kier alpha value is -3.17. The summed E-state index contributed by atoms with van der Waals surface area (Å²) < 4.78 is 11.0. The largest absolute Gasteiger partial charge is 0.493 e. The van der Waals surface area contributed by atoms with Crippen molar-refractivity contribution in [3.05, 3.63) is 86.9 Å². The Morgan fingerprint density at radius 3 is 2.38 bits per heavy atom. The van der Waals surface area contributed by atoms with Gasteiger partial charge in [0.25, 0.3) is 5.91 Å². The fourth-order valence-corrected chi connectivity index (χ4v) is 3.45. The van der Waals surface area contributed by atoms with Crippen molar-refractivity contribution in [2.24, 2.45) is 0 Å². The van der Waals surface area contributed by atoms with Gasteiger partial charge in [-0.1, -0.05) is 46.9 Å². The number of nitrogens with zero attached hydrogens (tertiary/aromatic N) is 1. The van der Waals surface area contributed by atoms with Gasteiger partial charge in [0.05, 0.1) is 23.8 Å². The second kappa shape index (κ2) is 10.9. The molecule has 0 fully saturated rings. The average Bonchev–Trinajstić information content (AvgIpc) is 2.78. The molecule has 1 N–H and O–H groups in total. The average molecular weight is 488 g/mol. The second-order valence-electron chi connectivity index (χ2n) is 6.55. The number of benzene rings is 3. The van der Waals surface area contributed by atoms with E-state index in [1.54, 1.807) is 66.7 Å². The van der Waals surface area contributed by atoms with Gasteiger partial charge in [0.2, 0.25) is 0 Å². The molecule has 0 saturated carbocycles. The van der Waals surface area contributed by atoms with Gasteiger partial charge in [-0.25, -0.2) is 0 Å². The molecule has 3 aromatic rings. The fourth-order valence-electron chi connectivity index (χ4n) is 2.81. The highest BCUT2D eigenvalue weighted by Crippen LogP contribution is 2.32. The van der Waals surface area contributed by atoms with Crippen molar-refractivity contribution in [3.63, 3.8) is 0 Å². The summed E-state index contributed by atoms with van der Waals surface area (Å²) in [6, 6.07) is 18.9. The van der Waals surface area contributed by atoms with E-state index in [0.717, 1.165) is 0 Å². The zero-order chi connectivity index (χ0) is 23.1. The van der Waals surface area contributed by atoms with Crippen molar-refractivity contribution in [2.75, 3.05) is 19.0 Å². The van der Waals surface area contributed by atoms with E-state index >= 15 is 0 Å². The first-order valence-corrected chi connectivity index (χ1v) is 10.5. The minimum Gasteiger partial charge on any atom is -0.493 e. The van der Waals surface area contributed by atoms with Crippen LogP contribution in [0, 0.1) is 11.3 Å². The predicted octanol–water partition coefficient (Wildman–Crippen LogP) is 6.74. The van der Waals surface area contributed by atoms with Crippen LogP contribution in [0.5, 0.6) is 11.5 Å². The highest BCUT2D eigenvalue weighted by molar-refractivity contribution is 6.36. The number of anilines is 1. The molecule has 0 aliphatic heterocycles. The summed E-state index contributed by atoms with van der Waals surface area (Å²) in [5.41, 5.74) is 2.24. The van der Waals surface area contributed by atoms with E-state index in [1.807, 2.05) is 0 Å². The van der Waals surface area contributed by atoms with Crippen molar-refractivity contribution in [3.8, 4) is 17.6 Å². The van der Waals surface area contributed by atoms with Crippen LogP contribution in [0.1, 0.15) is 11.1 Å². The Morgan fingerprint density at radius 2 is 1.72 bits per heavy atom. The van der Waals surface area contributed by atoms with E-state index in [0.29, 0.717) is 49.0 Å². The Labute approximate surface area is 200 Å². The number of hydrogen-bond donors (Lipinski definition) is 1. The minimum atomic E-state index is -0.331. The molecule has 1 amide bonds. The summed E-state index contributed by atoms with van der Waals surface area (Å²) in [6.45, 7) is -0.210. The molecule has 0 bridgehead atoms. The molecular weight excluding hydrogens is 471 g/mol. The Bertz CT molecular complexity index is 1200. The molecule has 0 aliphatic carbocycles. The van der Waals surface area contributed by atoms with E-state index in [4.69, 9.17) is 44.3 Å². The number of nitriles is 1. The van der Waals surface area contributed by atoms with Crippen LogP contribution >= 0.6 is 34.8 Å². The third-order valence-electron chi connectivity index (χ3n) is 4.33. The molecule has 0 heterocycles. The van der Waals surface area contributed by atoms with E-state index in [2.05, 4.69) is 11.4 Å². The zero-order valence-electron chi connectivity index (χ0n) is 16.9. The molecule has 162 valence electrons. The van der Waals surface area contributed by atoms with Gasteiger partial charge in [-0.15, -0.1) is 0 Å². The van der Waals surface area contributed by atoms with E-state index in [1.165, 1.54) is 7.11 Å². The highest BCUT2D eigenvalue weighted by Gasteiger charge is 2.11. The van der Waals surface area contributed by atoms with Gasteiger partial charge in [0.15, 0.2) is 18.1 Å². The van der Waals surface area contributed by atoms with Gasteiger partial charge in [-0.2, -0.15) is 5.26 Å². The molecule has 0 aliphatic rings. The molecule has 0 saturated heterocycles. The predicted molar refractivity (Wildman–Crippen MR) is 129 cm³/mol. The SMILES string of the molecule is COc1cc(/C=C(\C#N)c2ccc(Cl)cc2Cl)ccc1OCC(=O)Nc1ccc(Cl)cc1. The number of ether oxygens (including phenoxy) is 2. The van der Waals surface area contributed by atoms with Gasteiger partial charge in [-0.3, -0.25) is 4.79 Å². The molecule has 8 heteroatoms. The topological polar surface area (TPSA) is 71.3 Å². The molecule has 0 unspecified atom stereocenters. The summed E-state index contributed by atoms with van der Waals surface area (Å²) in [5.74, 6) is 0.471. The molecule has 3 aromatic carbocycles. The van der Waals surface area contributed by atoms with E-state index in [9.17, 15) is 10.1 Å². The summed E-state index contributed by atoms with van der Waals surface area (Å²) in [4.78, 5) is 12.2. The highest BCUT2D eigenvalue weighted by atomic mass is 35.5. The molecular formula is C24H17Cl3N2O3. The van der Waals surface area contributed by atoms with Gasteiger partial charge >= 0.3 is 0 Å². The molecule has 32 heavy (non-hydrogen) atoms. The van der Waals surface area contributed by atoms with Gasteiger partial charge in [0.1, 0.15) is 0 Å². The first-order chi connectivity index (χ1) is 15.4. The summed E-state index contributed by atoms with van der Waals surface area (Å²) >= 11 is 18.0. The van der Waals surface area contributed by atoms with Crippen molar-refractivity contribution in [1.82, 2.24) is 0 Å². The molecule has 0 spiro atoms. The van der Waals surface area contributed by atoms with Crippen LogP contribution in [0.2, 0.25) is 15.1 Å². The number of carbonyl (C=O) groups is 1. The summed E-state index contributed by atoms with van der Waals surface area (Å²) in [6.07, 6.45) is 1.68. The molecule has 0 radical (unpaired) electrons. The normalized spacial score (nSPS) is 10.9. The van der Waals surface area contributed by atoms with Crippen LogP contribution in [0.4, 0.5) is 5.69 Å². The maximum absolute atomic E-state index is 12.2. The second-order valence-corrected chi connectivity index (χ2v) is 7.83. The number of halogens is 3. The quantitative estimate of drug-likeness (QED) is 0.296. The lowest BCUT2D eigenvalue weighted by molar-refractivity contribution is -0.118. The van der Waals surface area contributed by atoms with Gasteiger partial charge < -0.3 is 14.8 Å². The minimum absolute atomic E-state index is 0.210. The third-order valence-corrected chi connectivity index (χ3v) is 5.13. The fraction of sp³-hybridized carbons (Fsp3) is 0.0833. The van der Waals surface area contributed by atoms with Crippen LogP contribution < -0.4 is 14.8 Å². The number of hydrogen-bond acceptors (Lipinski definition) is 4. The van der Waals surface area contributed by atoms with Crippen molar-refractivity contribution < 1.29 is 14.3 Å². The maximum Gasteiger partial charge on any atom is 0.262 e. The van der Waals surface area contributed by atoms with Crippen molar-refractivity contribution >= 4 is 58.0 Å². The van der Waals surface area contributed by atoms with E-state index < -0.39 is 0 Å². The summed E-state index contributed by atoms with van der Waals surface area (Å²) in [7, 11) is 1.49. The first kappa shape index (κ1) is 23.5. The van der Waals surface area contributed by atoms with Crippen LogP contribution in [-0.2, 0) is 4.79 Å². The van der Waals surface area contributed by atoms with Crippen LogP contribution in [0.3, 0.4) is 0 Å². The Morgan fingerprint density at radius 1 is 1.00 bits per heavy atom. The molecule has 0 atom stereocenters. The van der Waals surface area contributed by atoms with Crippen LogP contribution in [0.15, 0.2) is 60.7 Å². The van der Waals surface area contributed by atoms with Gasteiger partial charge in [-0.05, 0) is 60.2 Å². The lowest BCUT2D eigenvalue weighted by Crippen LogP contribution is -2.20. The third kappa shape index (κ3) is 6.18. The van der Waals surface area contributed by atoms with Gasteiger partial charge in [0, 0.05) is 21.3 Å². The number of allylic oxidation sites excluding steroid dienone is 1. The first-order valence-electron chi connectivity index (χ1n) is 9.33. The van der Waals surface area contributed by atoms with Crippen LogP contribution in [0.25, 0.3) is 11.6 Å². The number of rotatable bonds is 7.